The molecule has 170 valence electrons. The third kappa shape index (κ3) is 3.26. The number of benzene rings is 2. The Hall–Kier alpha value is -2.63. The molecule has 3 aromatic rings. The van der Waals surface area contributed by atoms with Crippen LogP contribution in [-0.2, 0) is 18.3 Å². The molecule has 0 saturated heterocycles. The molecule has 2 N–H and O–H groups in total. The molecule has 0 amide bonds. The van der Waals surface area contributed by atoms with Gasteiger partial charge in [-0.15, -0.1) is 0 Å². The van der Waals surface area contributed by atoms with E-state index < -0.39 is 11.0 Å². The number of aromatic nitrogens is 2. The Morgan fingerprint density at radius 3 is 2.41 bits per heavy atom. The van der Waals surface area contributed by atoms with Gasteiger partial charge in [0.05, 0.1) is 17.0 Å². The fourth-order valence-electron chi connectivity index (χ4n) is 5.73. The quantitative estimate of drug-likeness (QED) is 0.629. The van der Waals surface area contributed by atoms with Crippen molar-refractivity contribution < 1.29 is 10.2 Å². The van der Waals surface area contributed by atoms with Gasteiger partial charge in [0.2, 0.25) is 0 Å². The van der Waals surface area contributed by atoms with E-state index in [0.29, 0.717) is 12.8 Å². The summed E-state index contributed by atoms with van der Waals surface area (Å²) in [7, 11) is 4.04. The molecular weight excluding hydrogens is 398 g/mol. The first-order valence-electron chi connectivity index (χ1n) is 11.5. The molecular formula is C27H35N3O2. The second kappa shape index (κ2) is 8.05. The Morgan fingerprint density at radius 1 is 1.09 bits per heavy atom. The summed E-state index contributed by atoms with van der Waals surface area (Å²) in [5, 5.41) is 27.9. The van der Waals surface area contributed by atoms with Crippen molar-refractivity contribution in [1.82, 2.24) is 14.7 Å². The topological polar surface area (TPSA) is 61.5 Å². The largest absolute Gasteiger partial charge is 0.508 e. The second-order valence-electron chi connectivity index (χ2n) is 9.61. The van der Waals surface area contributed by atoms with Crippen molar-refractivity contribution in [1.29, 1.82) is 0 Å². The third-order valence-electron chi connectivity index (χ3n) is 7.84. The Morgan fingerprint density at radius 2 is 1.78 bits per heavy atom. The summed E-state index contributed by atoms with van der Waals surface area (Å²) < 4.78 is 2.05. The summed E-state index contributed by atoms with van der Waals surface area (Å²) in [5.41, 5.74) is 4.75. The molecule has 5 nitrogen and oxygen atoms in total. The van der Waals surface area contributed by atoms with Gasteiger partial charge >= 0.3 is 0 Å². The molecule has 32 heavy (non-hydrogen) atoms. The number of hydrogen-bond acceptors (Lipinski definition) is 4. The van der Waals surface area contributed by atoms with Crippen LogP contribution >= 0.6 is 0 Å². The highest BCUT2D eigenvalue weighted by Crippen LogP contribution is 2.52. The van der Waals surface area contributed by atoms with Gasteiger partial charge in [-0.3, -0.25) is 0 Å². The third-order valence-corrected chi connectivity index (χ3v) is 7.84. The lowest BCUT2D eigenvalue weighted by molar-refractivity contribution is -0.0996. The van der Waals surface area contributed by atoms with Crippen LogP contribution in [0.15, 0.2) is 48.5 Å². The first-order valence-corrected chi connectivity index (χ1v) is 11.5. The molecule has 1 aliphatic carbocycles. The van der Waals surface area contributed by atoms with Crippen LogP contribution in [0.1, 0.15) is 48.3 Å². The first-order chi connectivity index (χ1) is 15.1. The zero-order valence-electron chi connectivity index (χ0n) is 20.1. The van der Waals surface area contributed by atoms with Crippen LogP contribution in [0.5, 0.6) is 5.75 Å². The standard InChI is InChI=1S/C27H35N3O2/c1-7-26(24-15-22(31)14-13-18(24)2)17-25-23(16-27(26,32)20(4)29(5)6)19(3)28-30(25)21-11-9-8-10-12-21/h8-15,20,31-32H,7,16-17H2,1-6H3/t20-,26-,27-/m1/s1. The minimum absolute atomic E-state index is 0.100. The van der Waals surface area contributed by atoms with Gasteiger partial charge < -0.3 is 15.1 Å². The number of hydrogen-bond donors (Lipinski definition) is 2. The van der Waals surface area contributed by atoms with E-state index in [0.717, 1.165) is 40.2 Å². The van der Waals surface area contributed by atoms with Crippen LogP contribution in [-0.4, -0.2) is 50.6 Å². The zero-order chi connectivity index (χ0) is 23.3. The van der Waals surface area contributed by atoms with Crippen molar-refractivity contribution in [2.24, 2.45) is 0 Å². The molecule has 1 aliphatic rings. The second-order valence-corrected chi connectivity index (χ2v) is 9.61. The van der Waals surface area contributed by atoms with E-state index in [1.807, 2.05) is 56.0 Å². The molecule has 2 aromatic carbocycles. The van der Waals surface area contributed by atoms with Crippen molar-refractivity contribution in [3.8, 4) is 11.4 Å². The molecule has 0 aliphatic heterocycles. The van der Waals surface area contributed by atoms with E-state index >= 15 is 0 Å². The molecule has 0 radical (unpaired) electrons. The molecule has 0 fully saturated rings. The minimum Gasteiger partial charge on any atom is -0.508 e. The smallest absolute Gasteiger partial charge is 0.115 e. The van der Waals surface area contributed by atoms with E-state index in [1.54, 1.807) is 6.07 Å². The lowest BCUT2D eigenvalue weighted by Crippen LogP contribution is -2.65. The van der Waals surface area contributed by atoms with Crippen LogP contribution in [0.25, 0.3) is 5.69 Å². The number of aliphatic hydroxyl groups is 1. The highest BCUT2D eigenvalue weighted by molar-refractivity contribution is 5.49. The maximum Gasteiger partial charge on any atom is 0.115 e. The number of likely N-dealkylation sites (N-methyl/N-ethyl adjacent to an activating group) is 1. The number of nitrogens with zero attached hydrogens (tertiary/aromatic N) is 3. The number of phenolic OH excluding ortho intramolecular Hbond substituents is 1. The van der Waals surface area contributed by atoms with Gasteiger partial charge in [-0.2, -0.15) is 5.10 Å². The Balaban J connectivity index is 2.01. The summed E-state index contributed by atoms with van der Waals surface area (Å²) in [4.78, 5) is 2.10. The van der Waals surface area contributed by atoms with E-state index in [1.165, 1.54) is 0 Å². The fourth-order valence-corrected chi connectivity index (χ4v) is 5.73. The summed E-state index contributed by atoms with van der Waals surface area (Å²) >= 11 is 0. The van der Waals surface area contributed by atoms with Gasteiger partial charge in [0.15, 0.2) is 0 Å². The molecule has 1 heterocycles. The maximum atomic E-state index is 12.6. The van der Waals surface area contributed by atoms with Gasteiger partial charge in [-0.05, 0) is 82.2 Å². The number of phenols is 1. The monoisotopic (exact) mass is 433 g/mol. The van der Waals surface area contributed by atoms with Crippen LogP contribution in [0.2, 0.25) is 0 Å². The van der Waals surface area contributed by atoms with E-state index in [-0.39, 0.29) is 11.8 Å². The van der Waals surface area contributed by atoms with Crippen molar-refractivity contribution in [2.45, 2.75) is 64.0 Å². The summed E-state index contributed by atoms with van der Waals surface area (Å²) in [5.74, 6) is 0.233. The van der Waals surface area contributed by atoms with E-state index in [9.17, 15) is 10.2 Å². The van der Waals surface area contributed by atoms with Crippen molar-refractivity contribution in [3.63, 3.8) is 0 Å². The van der Waals surface area contributed by atoms with Crippen molar-refractivity contribution in [2.75, 3.05) is 14.1 Å². The predicted octanol–water partition coefficient (Wildman–Crippen LogP) is 4.32. The van der Waals surface area contributed by atoms with Gasteiger partial charge in [0, 0.05) is 30.0 Å². The molecule has 1 aromatic heterocycles. The number of rotatable bonds is 5. The Kier molecular flexibility index (Phi) is 5.68. The Labute approximate surface area is 191 Å². The summed E-state index contributed by atoms with van der Waals surface area (Å²) in [6.07, 6.45) is 1.90. The zero-order valence-corrected chi connectivity index (χ0v) is 20.1. The first kappa shape index (κ1) is 22.6. The van der Waals surface area contributed by atoms with Crippen LogP contribution in [0.3, 0.4) is 0 Å². The number of aryl methyl sites for hydroxylation is 2. The summed E-state index contributed by atoms with van der Waals surface area (Å²) in [6, 6.07) is 15.6. The van der Waals surface area contributed by atoms with Crippen molar-refractivity contribution >= 4 is 0 Å². The molecule has 0 bridgehead atoms. The lowest BCUT2D eigenvalue weighted by atomic mass is 9.55. The highest BCUT2D eigenvalue weighted by atomic mass is 16.3. The normalized spacial score (nSPS) is 23.9. The molecule has 0 saturated carbocycles. The SMILES string of the molecule is CC[C@]1(c2cc(O)ccc2C)Cc2c(c(C)nn2-c2ccccc2)C[C@@]1(O)[C@@H](C)N(C)C. The van der Waals surface area contributed by atoms with E-state index in [2.05, 4.69) is 37.8 Å². The summed E-state index contributed by atoms with van der Waals surface area (Å²) in [6.45, 7) is 8.36. The van der Waals surface area contributed by atoms with Crippen LogP contribution in [0.4, 0.5) is 0 Å². The van der Waals surface area contributed by atoms with Crippen LogP contribution < -0.4 is 0 Å². The number of para-hydroxylation sites is 1. The highest BCUT2D eigenvalue weighted by Gasteiger charge is 2.58. The number of fused-ring (bicyclic) bond motifs is 1. The average molecular weight is 434 g/mol. The molecule has 0 spiro atoms. The van der Waals surface area contributed by atoms with Crippen molar-refractivity contribution in [3.05, 3.63) is 76.6 Å². The van der Waals surface area contributed by atoms with Crippen LogP contribution in [0, 0.1) is 13.8 Å². The average Bonchev–Trinajstić information content (AvgIpc) is 3.09. The predicted molar refractivity (Wildman–Crippen MR) is 129 cm³/mol. The number of aromatic hydroxyl groups is 1. The fraction of sp³-hybridized carbons (Fsp3) is 0.444. The molecule has 5 heteroatoms. The van der Waals surface area contributed by atoms with Gasteiger partial charge in [0.1, 0.15) is 5.75 Å². The molecule has 3 atom stereocenters. The molecule has 0 unspecified atom stereocenters. The van der Waals surface area contributed by atoms with Gasteiger partial charge in [-0.25, -0.2) is 4.68 Å². The molecule has 4 rings (SSSR count). The van der Waals surface area contributed by atoms with E-state index in [4.69, 9.17) is 5.10 Å². The lowest BCUT2D eigenvalue weighted by Gasteiger charge is -2.55. The maximum absolute atomic E-state index is 12.6. The Bertz CT molecular complexity index is 1120. The van der Waals surface area contributed by atoms with Gasteiger partial charge in [-0.1, -0.05) is 31.2 Å². The minimum atomic E-state index is -1.04. The van der Waals surface area contributed by atoms with Gasteiger partial charge in [0.25, 0.3) is 0 Å².